The van der Waals surface area contributed by atoms with E-state index in [1.54, 1.807) is 0 Å². The van der Waals surface area contributed by atoms with E-state index in [4.69, 9.17) is 9.73 Å². The molecule has 0 saturated carbocycles. The maximum absolute atomic E-state index is 13.0. The number of ketones is 1. The van der Waals surface area contributed by atoms with Crippen molar-refractivity contribution in [2.45, 2.75) is 12.1 Å². The smallest absolute Gasteiger partial charge is 0.217 e. The van der Waals surface area contributed by atoms with Crippen LogP contribution in [0.3, 0.4) is 0 Å². The molecule has 0 aliphatic carbocycles. The summed E-state index contributed by atoms with van der Waals surface area (Å²) in [6.07, 6.45) is -0.653. The van der Waals surface area contributed by atoms with Crippen LogP contribution >= 0.6 is 0 Å². The van der Waals surface area contributed by atoms with E-state index >= 15 is 0 Å². The highest BCUT2D eigenvalue weighted by molar-refractivity contribution is 6.05. The van der Waals surface area contributed by atoms with Gasteiger partial charge in [-0.3, -0.25) is 4.79 Å². The van der Waals surface area contributed by atoms with Gasteiger partial charge in [0.05, 0.1) is 0 Å². The molecule has 0 radical (unpaired) electrons. The summed E-state index contributed by atoms with van der Waals surface area (Å²) < 4.78 is 6.03. The molecule has 0 unspecified atom stereocenters. The van der Waals surface area contributed by atoms with Gasteiger partial charge < -0.3 is 4.74 Å². The lowest BCUT2D eigenvalue weighted by atomic mass is 9.96. The fourth-order valence-corrected chi connectivity index (χ4v) is 3.00. The van der Waals surface area contributed by atoms with Crippen molar-refractivity contribution in [3.63, 3.8) is 0 Å². The molecule has 0 N–H and O–H groups in total. The summed E-state index contributed by atoms with van der Waals surface area (Å²) in [5, 5.41) is 0. The predicted octanol–water partition coefficient (Wildman–Crippen LogP) is 4.46. The lowest BCUT2D eigenvalue weighted by Crippen LogP contribution is -2.27. The summed E-state index contributed by atoms with van der Waals surface area (Å²) in [6.45, 7) is 0. The zero-order valence-electron chi connectivity index (χ0n) is 13.6. The van der Waals surface area contributed by atoms with E-state index in [0.29, 0.717) is 11.5 Å². The molecule has 3 aromatic carbocycles. The van der Waals surface area contributed by atoms with Gasteiger partial charge in [0.15, 0.2) is 6.10 Å². The number of nitrogens with zero attached hydrogens (tertiary/aromatic N) is 1. The van der Waals surface area contributed by atoms with E-state index in [1.807, 2.05) is 91.0 Å². The van der Waals surface area contributed by atoms with Crippen LogP contribution in [0.4, 0.5) is 0 Å². The monoisotopic (exact) mass is 327 g/mol. The van der Waals surface area contributed by atoms with E-state index in [0.717, 1.165) is 11.1 Å². The molecule has 3 aromatic rings. The number of ether oxygens (including phenoxy) is 1. The van der Waals surface area contributed by atoms with Gasteiger partial charge in [-0.25, -0.2) is 4.99 Å². The Kier molecular flexibility index (Phi) is 4.13. The van der Waals surface area contributed by atoms with Gasteiger partial charge in [-0.05, 0) is 17.7 Å². The Morgan fingerprint density at radius 1 is 0.760 bits per heavy atom. The first-order valence-corrected chi connectivity index (χ1v) is 8.27. The van der Waals surface area contributed by atoms with Crippen molar-refractivity contribution in [1.29, 1.82) is 0 Å². The zero-order chi connectivity index (χ0) is 17.1. The molecule has 1 aliphatic heterocycles. The second-order valence-corrected chi connectivity index (χ2v) is 5.92. The van der Waals surface area contributed by atoms with Crippen LogP contribution in [0.25, 0.3) is 0 Å². The average molecular weight is 327 g/mol. The normalized spacial score (nSPS) is 19.1. The Hall–Kier alpha value is -3.20. The minimum Gasteiger partial charge on any atom is -0.463 e. The Morgan fingerprint density at radius 3 is 1.96 bits per heavy atom. The summed E-state index contributed by atoms with van der Waals surface area (Å²) in [7, 11) is 0. The average Bonchev–Trinajstić information content (AvgIpc) is 3.15. The number of carbonyl (C=O) groups excluding carboxylic acids is 1. The number of hydrogen-bond acceptors (Lipinski definition) is 3. The van der Waals surface area contributed by atoms with E-state index < -0.39 is 6.10 Å². The first-order valence-electron chi connectivity index (χ1n) is 8.27. The quantitative estimate of drug-likeness (QED) is 0.664. The number of carbonyl (C=O) groups is 1. The van der Waals surface area contributed by atoms with Gasteiger partial charge in [0.1, 0.15) is 6.04 Å². The molecule has 3 nitrogen and oxygen atoms in total. The van der Waals surface area contributed by atoms with E-state index in [1.165, 1.54) is 0 Å². The fourth-order valence-electron chi connectivity index (χ4n) is 3.00. The van der Waals surface area contributed by atoms with Gasteiger partial charge in [0.2, 0.25) is 11.7 Å². The molecule has 122 valence electrons. The molecule has 0 bridgehead atoms. The first kappa shape index (κ1) is 15.3. The molecule has 0 saturated heterocycles. The van der Waals surface area contributed by atoms with Crippen molar-refractivity contribution in [2.75, 3.05) is 0 Å². The third-order valence-electron chi connectivity index (χ3n) is 4.26. The van der Waals surface area contributed by atoms with Crippen LogP contribution < -0.4 is 0 Å². The second-order valence-electron chi connectivity index (χ2n) is 5.92. The highest BCUT2D eigenvalue weighted by atomic mass is 16.5. The van der Waals surface area contributed by atoms with Gasteiger partial charge in [-0.15, -0.1) is 0 Å². The highest BCUT2D eigenvalue weighted by Crippen LogP contribution is 2.33. The summed E-state index contributed by atoms with van der Waals surface area (Å²) in [4.78, 5) is 17.7. The molecule has 4 rings (SSSR count). The maximum atomic E-state index is 13.0. The number of Topliss-reactive ketones (excluding diaryl/α,β-unsaturated/α-hetero) is 1. The van der Waals surface area contributed by atoms with Crippen LogP contribution in [0.1, 0.15) is 27.5 Å². The third-order valence-corrected chi connectivity index (χ3v) is 4.26. The van der Waals surface area contributed by atoms with Crippen LogP contribution in [0.5, 0.6) is 0 Å². The van der Waals surface area contributed by atoms with Crippen LogP contribution in [0.2, 0.25) is 0 Å². The van der Waals surface area contributed by atoms with Gasteiger partial charge in [-0.1, -0.05) is 78.9 Å². The number of benzene rings is 3. The largest absolute Gasteiger partial charge is 0.463 e. The number of hydrogen-bond donors (Lipinski definition) is 0. The summed E-state index contributed by atoms with van der Waals surface area (Å²) in [5.74, 6) is 0.466. The van der Waals surface area contributed by atoms with Crippen molar-refractivity contribution in [3.8, 4) is 0 Å². The molecule has 0 fully saturated rings. The minimum absolute atomic E-state index is 0.0517. The fraction of sp³-hybridized carbons (Fsp3) is 0.0909. The molecular formula is C22H17NO2. The Morgan fingerprint density at radius 2 is 1.32 bits per heavy atom. The van der Waals surface area contributed by atoms with Crippen molar-refractivity contribution >= 4 is 11.7 Å². The van der Waals surface area contributed by atoms with Gasteiger partial charge >= 0.3 is 0 Å². The molecule has 2 atom stereocenters. The Balaban J connectivity index is 1.72. The zero-order valence-corrected chi connectivity index (χ0v) is 13.6. The van der Waals surface area contributed by atoms with Crippen LogP contribution in [0, 0.1) is 0 Å². The number of aliphatic imine (C=N–C) groups is 1. The third kappa shape index (κ3) is 3.09. The molecule has 0 spiro atoms. The van der Waals surface area contributed by atoms with Crippen molar-refractivity contribution < 1.29 is 9.53 Å². The standard InChI is InChI=1S/C22H17NO2/c24-20(17-12-6-2-7-13-17)21-19(16-10-4-1-5-11-16)23-22(25-21)18-14-8-3-9-15-18/h1-15,19,21H/t19-,21+/m1/s1. The molecule has 3 heteroatoms. The van der Waals surface area contributed by atoms with Gasteiger partial charge in [0.25, 0.3) is 0 Å². The van der Waals surface area contributed by atoms with Crippen molar-refractivity contribution in [1.82, 2.24) is 0 Å². The second kappa shape index (κ2) is 6.73. The molecule has 25 heavy (non-hydrogen) atoms. The van der Waals surface area contributed by atoms with Gasteiger partial charge in [-0.2, -0.15) is 0 Å². The predicted molar refractivity (Wildman–Crippen MR) is 97.8 cm³/mol. The summed E-state index contributed by atoms with van der Waals surface area (Å²) in [5.41, 5.74) is 2.49. The molecule has 0 amide bonds. The Bertz CT molecular complexity index is 889. The van der Waals surface area contributed by atoms with Crippen LogP contribution in [-0.4, -0.2) is 17.8 Å². The Labute approximate surface area is 146 Å². The molecule has 1 heterocycles. The lowest BCUT2D eigenvalue weighted by molar-refractivity contribution is 0.0774. The maximum Gasteiger partial charge on any atom is 0.217 e. The summed E-state index contributed by atoms with van der Waals surface area (Å²) >= 11 is 0. The minimum atomic E-state index is -0.653. The van der Waals surface area contributed by atoms with Crippen molar-refractivity contribution in [3.05, 3.63) is 108 Å². The highest BCUT2D eigenvalue weighted by Gasteiger charge is 2.38. The van der Waals surface area contributed by atoms with E-state index in [9.17, 15) is 4.79 Å². The topological polar surface area (TPSA) is 38.7 Å². The molecular weight excluding hydrogens is 310 g/mol. The molecule has 0 aromatic heterocycles. The van der Waals surface area contributed by atoms with E-state index in [2.05, 4.69) is 0 Å². The summed E-state index contributed by atoms with van der Waals surface area (Å²) in [6, 6.07) is 28.4. The van der Waals surface area contributed by atoms with Gasteiger partial charge in [0, 0.05) is 11.1 Å². The van der Waals surface area contributed by atoms with E-state index in [-0.39, 0.29) is 11.8 Å². The van der Waals surface area contributed by atoms with Crippen LogP contribution in [-0.2, 0) is 4.74 Å². The lowest BCUT2D eigenvalue weighted by Gasteiger charge is -2.17. The SMILES string of the molecule is O=C(c1ccccc1)[C@H]1OC(c2ccccc2)=N[C@@H]1c1ccccc1. The van der Waals surface area contributed by atoms with Crippen molar-refractivity contribution in [2.24, 2.45) is 4.99 Å². The first-order chi connectivity index (χ1) is 12.3. The molecule has 1 aliphatic rings. The van der Waals surface area contributed by atoms with Crippen LogP contribution in [0.15, 0.2) is 96.0 Å². The number of rotatable bonds is 4.